The molecular formula is C26H23F3N4O4S. The lowest BCUT2D eigenvalue weighted by Crippen LogP contribution is -2.15. The largest absolute Gasteiger partial charge is 0.497 e. The topological polar surface area (TPSA) is 103 Å². The highest BCUT2D eigenvalue weighted by Crippen LogP contribution is 2.34. The number of nitrogens with one attached hydrogen (secondary N) is 1. The van der Waals surface area contributed by atoms with Gasteiger partial charge in [0, 0.05) is 11.3 Å². The molecule has 1 atom stereocenters. The van der Waals surface area contributed by atoms with E-state index in [2.05, 4.69) is 10.4 Å². The summed E-state index contributed by atoms with van der Waals surface area (Å²) in [6, 6.07) is 12.5. The number of amides is 1. The van der Waals surface area contributed by atoms with E-state index in [1.807, 2.05) is 0 Å². The SMILES string of the molecule is COc1ccc(-c2cc(C(=O)Nc3cccc(C(F)(F)F)c3)c3c(C)nn(C4CCS(=O)(=O)C4)c3n2)cc1. The van der Waals surface area contributed by atoms with Crippen molar-refractivity contribution < 1.29 is 31.1 Å². The average molecular weight is 545 g/mol. The van der Waals surface area contributed by atoms with E-state index in [4.69, 9.17) is 9.72 Å². The highest BCUT2D eigenvalue weighted by Gasteiger charge is 2.33. The molecule has 38 heavy (non-hydrogen) atoms. The van der Waals surface area contributed by atoms with E-state index in [9.17, 15) is 26.4 Å². The Hall–Kier alpha value is -3.93. The number of sulfone groups is 1. The normalized spacial score (nSPS) is 17.0. The summed E-state index contributed by atoms with van der Waals surface area (Å²) in [5.41, 5.74) is 1.09. The van der Waals surface area contributed by atoms with Crippen LogP contribution in [0.5, 0.6) is 5.75 Å². The number of carbonyl (C=O) groups excluding carboxylic acids is 1. The number of rotatable bonds is 5. The Labute approximate surface area is 216 Å². The third kappa shape index (κ3) is 4.95. The fourth-order valence-corrected chi connectivity index (χ4v) is 6.29. The minimum atomic E-state index is -4.56. The van der Waals surface area contributed by atoms with E-state index < -0.39 is 33.5 Å². The number of hydrogen-bond donors (Lipinski definition) is 1. The Morgan fingerprint density at radius 1 is 1.13 bits per heavy atom. The zero-order chi connectivity index (χ0) is 27.2. The fourth-order valence-electron chi connectivity index (χ4n) is 4.60. The minimum Gasteiger partial charge on any atom is -0.497 e. The van der Waals surface area contributed by atoms with Crippen molar-refractivity contribution >= 4 is 32.5 Å². The smallest absolute Gasteiger partial charge is 0.416 e. The van der Waals surface area contributed by atoms with Crippen LogP contribution in [0.3, 0.4) is 0 Å². The molecule has 1 saturated heterocycles. The third-order valence-corrected chi connectivity index (χ3v) is 8.22. The molecule has 1 unspecified atom stereocenters. The first-order valence-corrected chi connectivity index (χ1v) is 13.5. The van der Waals surface area contributed by atoms with Crippen molar-refractivity contribution in [3.05, 3.63) is 71.4 Å². The van der Waals surface area contributed by atoms with Crippen LogP contribution in [-0.2, 0) is 16.0 Å². The zero-order valence-electron chi connectivity index (χ0n) is 20.4. The van der Waals surface area contributed by atoms with Crippen molar-refractivity contribution in [2.75, 3.05) is 23.9 Å². The quantitative estimate of drug-likeness (QED) is 0.377. The van der Waals surface area contributed by atoms with Crippen LogP contribution in [0.1, 0.15) is 34.1 Å². The van der Waals surface area contributed by atoms with Gasteiger partial charge in [-0.2, -0.15) is 18.3 Å². The van der Waals surface area contributed by atoms with E-state index >= 15 is 0 Å². The highest BCUT2D eigenvalue weighted by molar-refractivity contribution is 7.91. The number of pyridine rings is 1. The van der Waals surface area contributed by atoms with Crippen molar-refractivity contribution in [1.29, 1.82) is 0 Å². The van der Waals surface area contributed by atoms with Crippen LogP contribution in [0, 0.1) is 6.92 Å². The molecule has 0 spiro atoms. The molecule has 3 heterocycles. The second-order valence-corrected chi connectivity index (χ2v) is 11.3. The lowest BCUT2D eigenvalue weighted by molar-refractivity contribution is -0.137. The lowest BCUT2D eigenvalue weighted by Gasteiger charge is -2.13. The van der Waals surface area contributed by atoms with Gasteiger partial charge in [0.05, 0.1) is 52.6 Å². The second kappa shape index (κ2) is 9.43. The van der Waals surface area contributed by atoms with Crippen LogP contribution in [0.25, 0.3) is 22.3 Å². The van der Waals surface area contributed by atoms with Gasteiger partial charge in [-0.05, 0) is 61.9 Å². The maximum atomic E-state index is 13.5. The molecule has 1 aliphatic rings. The van der Waals surface area contributed by atoms with Crippen LogP contribution >= 0.6 is 0 Å². The number of hydrogen-bond acceptors (Lipinski definition) is 6. The molecule has 4 aromatic rings. The van der Waals surface area contributed by atoms with Gasteiger partial charge in [-0.3, -0.25) is 4.79 Å². The molecule has 1 amide bonds. The van der Waals surface area contributed by atoms with Crippen LogP contribution < -0.4 is 10.1 Å². The number of benzene rings is 2. The van der Waals surface area contributed by atoms with E-state index in [-0.39, 0.29) is 22.8 Å². The molecule has 12 heteroatoms. The molecular weight excluding hydrogens is 521 g/mol. The summed E-state index contributed by atoms with van der Waals surface area (Å²) in [4.78, 5) is 18.2. The molecule has 0 bridgehead atoms. The molecule has 1 N–H and O–H groups in total. The number of carbonyl (C=O) groups is 1. The monoisotopic (exact) mass is 544 g/mol. The van der Waals surface area contributed by atoms with Crippen molar-refractivity contribution in [3.8, 4) is 17.0 Å². The van der Waals surface area contributed by atoms with Gasteiger partial charge in [0.1, 0.15) is 5.75 Å². The first-order valence-electron chi connectivity index (χ1n) is 11.7. The van der Waals surface area contributed by atoms with Gasteiger partial charge in [0.2, 0.25) is 0 Å². The average Bonchev–Trinajstić information content (AvgIpc) is 3.41. The van der Waals surface area contributed by atoms with Gasteiger partial charge in [-0.1, -0.05) is 6.07 Å². The Kier molecular flexibility index (Phi) is 6.38. The van der Waals surface area contributed by atoms with Gasteiger partial charge < -0.3 is 10.1 Å². The molecule has 8 nitrogen and oxygen atoms in total. The number of ether oxygens (including phenoxy) is 1. The van der Waals surface area contributed by atoms with Gasteiger partial charge in [0.15, 0.2) is 15.5 Å². The Bertz CT molecular complexity index is 1650. The molecule has 0 aliphatic carbocycles. The molecule has 5 rings (SSSR count). The number of nitrogens with zero attached hydrogens (tertiary/aromatic N) is 3. The molecule has 2 aromatic carbocycles. The standard InChI is InChI=1S/C26H23F3N4O4S/c1-15-23-21(25(34)30-18-5-3-4-17(12-18)26(27,28)29)13-22(16-6-8-20(37-2)9-7-16)31-24(23)33(32-15)19-10-11-38(35,36)14-19/h3-9,12-13,19H,10-11,14H2,1-2H3,(H,30,34). The molecule has 2 aromatic heterocycles. The molecule has 0 saturated carbocycles. The second-order valence-electron chi connectivity index (χ2n) is 9.10. The maximum Gasteiger partial charge on any atom is 0.416 e. The van der Waals surface area contributed by atoms with Gasteiger partial charge in [-0.25, -0.2) is 18.1 Å². The predicted molar refractivity (Wildman–Crippen MR) is 136 cm³/mol. The highest BCUT2D eigenvalue weighted by atomic mass is 32.2. The number of aryl methyl sites for hydroxylation is 1. The van der Waals surface area contributed by atoms with E-state index in [1.165, 1.54) is 19.2 Å². The first kappa shape index (κ1) is 25.7. The van der Waals surface area contributed by atoms with E-state index in [0.717, 1.165) is 12.1 Å². The van der Waals surface area contributed by atoms with E-state index in [1.54, 1.807) is 41.9 Å². The fraction of sp³-hybridized carbons (Fsp3) is 0.269. The zero-order valence-corrected chi connectivity index (χ0v) is 21.2. The molecule has 1 aliphatic heterocycles. The summed E-state index contributed by atoms with van der Waals surface area (Å²) < 4.78 is 70.7. The van der Waals surface area contributed by atoms with Gasteiger partial charge >= 0.3 is 6.18 Å². The number of halogens is 3. The van der Waals surface area contributed by atoms with E-state index in [0.29, 0.717) is 40.2 Å². The summed E-state index contributed by atoms with van der Waals surface area (Å²) in [6.45, 7) is 1.68. The number of methoxy groups -OCH3 is 1. The van der Waals surface area contributed by atoms with Gasteiger partial charge in [0.25, 0.3) is 5.91 Å². The Morgan fingerprint density at radius 3 is 2.50 bits per heavy atom. The van der Waals surface area contributed by atoms with Crippen molar-refractivity contribution in [2.24, 2.45) is 0 Å². The van der Waals surface area contributed by atoms with Crippen LogP contribution in [-0.4, -0.2) is 47.7 Å². The number of anilines is 1. The van der Waals surface area contributed by atoms with Crippen molar-refractivity contribution in [3.63, 3.8) is 0 Å². The summed E-state index contributed by atoms with van der Waals surface area (Å²) in [5.74, 6) is -0.0923. The third-order valence-electron chi connectivity index (χ3n) is 6.47. The number of alkyl halides is 3. The molecule has 1 fully saturated rings. The Morgan fingerprint density at radius 2 is 1.87 bits per heavy atom. The lowest BCUT2D eigenvalue weighted by atomic mass is 10.0. The Balaban J connectivity index is 1.64. The van der Waals surface area contributed by atoms with Crippen LogP contribution in [0.15, 0.2) is 54.6 Å². The summed E-state index contributed by atoms with van der Waals surface area (Å²) >= 11 is 0. The van der Waals surface area contributed by atoms with Crippen LogP contribution in [0.4, 0.5) is 18.9 Å². The maximum absolute atomic E-state index is 13.5. The summed E-state index contributed by atoms with van der Waals surface area (Å²) in [5, 5.41) is 7.50. The molecule has 198 valence electrons. The first-order chi connectivity index (χ1) is 17.9. The van der Waals surface area contributed by atoms with Crippen LogP contribution in [0.2, 0.25) is 0 Å². The predicted octanol–water partition coefficient (Wildman–Crippen LogP) is 5.05. The summed E-state index contributed by atoms with van der Waals surface area (Å²) in [6.07, 6.45) is -4.20. The number of fused-ring (bicyclic) bond motifs is 1. The minimum absolute atomic E-state index is 0.0206. The van der Waals surface area contributed by atoms with Crippen molar-refractivity contribution in [1.82, 2.24) is 14.8 Å². The molecule has 0 radical (unpaired) electrons. The summed E-state index contributed by atoms with van der Waals surface area (Å²) in [7, 11) is -1.70. The van der Waals surface area contributed by atoms with Gasteiger partial charge in [-0.15, -0.1) is 0 Å². The van der Waals surface area contributed by atoms with Crippen molar-refractivity contribution in [2.45, 2.75) is 25.6 Å². The number of aromatic nitrogens is 3.